The number of amides is 1. The van der Waals surface area contributed by atoms with Gasteiger partial charge in [0.15, 0.2) is 0 Å². The fourth-order valence-electron chi connectivity index (χ4n) is 3.62. The largest absolute Gasteiger partial charge is 0.509 e. The van der Waals surface area contributed by atoms with E-state index in [1.54, 1.807) is 7.11 Å². The van der Waals surface area contributed by atoms with Gasteiger partial charge in [-0.3, -0.25) is 4.79 Å². The molecular formula is C18H23NO3. The van der Waals surface area contributed by atoms with Crippen LogP contribution in [0.15, 0.2) is 24.0 Å². The molecule has 0 atom stereocenters. The maximum atomic E-state index is 12.5. The van der Waals surface area contributed by atoms with Crippen molar-refractivity contribution in [2.45, 2.75) is 51.2 Å². The minimum absolute atomic E-state index is 0.165. The van der Waals surface area contributed by atoms with E-state index < -0.39 is 5.54 Å². The summed E-state index contributed by atoms with van der Waals surface area (Å²) in [6.45, 7) is 3.96. The Bertz CT molecular complexity index is 640. The molecule has 0 saturated heterocycles. The molecule has 4 heteroatoms. The van der Waals surface area contributed by atoms with Crippen LogP contribution in [0.3, 0.4) is 0 Å². The second-order valence-electron chi connectivity index (χ2n) is 6.51. The van der Waals surface area contributed by atoms with Crippen molar-refractivity contribution >= 4 is 11.5 Å². The maximum absolute atomic E-state index is 12.5. The number of carbonyl (C=O) groups is 1. The van der Waals surface area contributed by atoms with Crippen LogP contribution in [0.4, 0.5) is 0 Å². The lowest BCUT2D eigenvalue weighted by atomic mass is 9.79. The van der Waals surface area contributed by atoms with Crippen LogP contribution >= 0.6 is 0 Å². The van der Waals surface area contributed by atoms with Crippen molar-refractivity contribution in [2.24, 2.45) is 0 Å². The van der Waals surface area contributed by atoms with Crippen LogP contribution in [0.5, 0.6) is 0 Å². The highest BCUT2D eigenvalue weighted by Gasteiger charge is 2.48. The number of hydrogen-bond donors (Lipinski definition) is 2. The minimum atomic E-state index is -0.600. The van der Waals surface area contributed by atoms with E-state index in [2.05, 4.69) is 5.32 Å². The predicted molar refractivity (Wildman–Crippen MR) is 85.6 cm³/mol. The van der Waals surface area contributed by atoms with Crippen molar-refractivity contribution in [3.63, 3.8) is 0 Å². The van der Waals surface area contributed by atoms with Gasteiger partial charge in [0.25, 0.3) is 5.91 Å². The number of nitrogens with one attached hydrogen (secondary N) is 1. The van der Waals surface area contributed by atoms with Gasteiger partial charge in [-0.2, -0.15) is 0 Å². The molecule has 118 valence electrons. The summed E-state index contributed by atoms with van der Waals surface area (Å²) in [7, 11) is 1.72. The van der Waals surface area contributed by atoms with Crippen molar-refractivity contribution in [3.05, 3.63) is 40.6 Å². The van der Waals surface area contributed by atoms with Crippen LogP contribution in [0, 0.1) is 13.8 Å². The average molecular weight is 301 g/mol. The summed E-state index contributed by atoms with van der Waals surface area (Å²) in [6.07, 6.45) is 3.36. The summed E-state index contributed by atoms with van der Waals surface area (Å²) < 4.78 is 5.39. The van der Waals surface area contributed by atoms with Gasteiger partial charge < -0.3 is 15.2 Å². The SMILES string of the molecule is CO[C@H]1CC[C@]2(CC1)NC(=O)C(c1cc(C)ccc1C)=C2O. The first-order chi connectivity index (χ1) is 10.5. The summed E-state index contributed by atoms with van der Waals surface area (Å²) in [5.41, 5.74) is 2.76. The number of methoxy groups -OCH3 is 1. The molecule has 1 aliphatic heterocycles. The number of ether oxygens (including phenoxy) is 1. The molecule has 1 aliphatic carbocycles. The minimum Gasteiger partial charge on any atom is -0.509 e. The van der Waals surface area contributed by atoms with Crippen molar-refractivity contribution in [2.75, 3.05) is 7.11 Å². The average Bonchev–Trinajstić information content (AvgIpc) is 2.74. The van der Waals surface area contributed by atoms with Gasteiger partial charge in [-0.15, -0.1) is 0 Å². The van der Waals surface area contributed by atoms with Gasteiger partial charge in [0.1, 0.15) is 5.76 Å². The standard InChI is InChI=1S/C18H23NO3/c1-11-4-5-12(2)14(10-11)15-16(20)18(19-17(15)21)8-6-13(22-3)7-9-18/h4-5,10,13,20H,6-9H2,1-3H3,(H,19,21)/t13-,18+. The van der Waals surface area contributed by atoms with Crippen LogP contribution in [0.2, 0.25) is 0 Å². The quantitative estimate of drug-likeness (QED) is 0.882. The van der Waals surface area contributed by atoms with Crippen LogP contribution in [-0.2, 0) is 9.53 Å². The molecule has 1 aromatic carbocycles. The van der Waals surface area contributed by atoms with Crippen molar-refractivity contribution in [1.29, 1.82) is 0 Å². The van der Waals surface area contributed by atoms with Crippen LogP contribution in [0.25, 0.3) is 5.57 Å². The van der Waals surface area contributed by atoms with Crippen molar-refractivity contribution in [3.8, 4) is 0 Å². The maximum Gasteiger partial charge on any atom is 0.256 e. The number of aryl methyl sites for hydroxylation is 2. The molecule has 0 unspecified atom stereocenters. The molecule has 1 aromatic rings. The van der Waals surface area contributed by atoms with Crippen LogP contribution < -0.4 is 5.32 Å². The zero-order valence-electron chi connectivity index (χ0n) is 13.4. The van der Waals surface area contributed by atoms with E-state index in [1.807, 2.05) is 32.0 Å². The molecule has 3 rings (SSSR count). The summed E-state index contributed by atoms with van der Waals surface area (Å²) in [5, 5.41) is 13.9. The molecule has 1 saturated carbocycles. The molecule has 0 radical (unpaired) electrons. The number of benzene rings is 1. The zero-order valence-corrected chi connectivity index (χ0v) is 13.4. The zero-order chi connectivity index (χ0) is 15.9. The smallest absolute Gasteiger partial charge is 0.256 e. The Labute approximate surface area is 131 Å². The van der Waals surface area contributed by atoms with Gasteiger partial charge in [0, 0.05) is 7.11 Å². The van der Waals surface area contributed by atoms with E-state index in [9.17, 15) is 9.90 Å². The third-order valence-corrected chi connectivity index (χ3v) is 5.05. The molecule has 1 fully saturated rings. The lowest BCUT2D eigenvalue weighted by Crippen LogP contribution is -2.48. The van der Waals surface area contributed by atoms with Gasteiger partial charge in [-0.05, 0) is 50.7 Å². The normalized spacial score (nSPS) is 28.3. The van der Waals surface area contributed by atoms with E-state index in [1.165, 1.54) is 0 Å². The summed E-state index contributed by atoms with van der Waals surface area (Å²) in [4.78, 5) is 12.5. The highest BCUT2D eigenvalue weighted by atomic mass is 16.5. The summed E-state index contributed by atoms with van der Waals surface area (Å²) in [6, 6.07) is 5.98. The molecule has 4 nitrogen and oxygen atoms in total. The Morgan fingerprint density at radius 2 is 1.95 bits per heavy atom. The molecule has 1 spiro atoms. The number of aliphatic hydroxyl groups excluding tert-OH is 1. The molecule has 0 aromatic heterocycles. The van der Waals surface area contributed by atoms with Crippen molar-refractivity contribution < 1.29 is 14.6 Å². The third kappa shape index (κ3) is 2.31. The first kappa shape index (κ1) is 15.1. The monoisotopic (exact) mass is 301 g/mol. The molecule has 1 amide bonds. The van der Waals surface area contributed by atoms with Gasteiger partial charge in [-0.1, -0.05) is 23.8 Å². The molecule has 1 heterocycles. The van der Waals surface area contributed by atoms with Gasteiger partial charge in [-0.25, -0.2) is 0 Å². The Balaban J connectivity index is 2.00. The summed E-state index contributed by atoms with van der Waals surface area (Å²) in [5.74, 6) is 0.0443. The van der Waals surface area contributed by atoms with Gasteiger partial charge in [0.2, 0.25) is 0 Å². The number of hydrogen-bond acceptors (Lipinski definition) is 3. The Hall–Kier alpha value is -1.81. The fourth-order valence-corrected chi connectivity index (χ4v) is 3.62. The van der Waals surface area contributed by atoms with Crippen LogP contribution in [0.1, 0.15) is 42.4 Å². The molecule has 2 aliphatic rings. The third-order valence-electron chi connectivity index (χ3n) is 5.05. The first-order valence-corrected chi connectivity index (χ1v) is 7.83. The van der Waals surface area contributed by atoms with Crippen LogP contribution in [-0.4, -0.2) is 29.8 Å². The Kier molecular flexibility index (Phi) is 3.73. The number of rotatable bonds is 2. The number of aliphatic hydroxyl groups is 1. The van der Waals surface area contributed by atoms with Crippen molar-refractivity contribution in [1.82, 2.24) is 5.32 Å². The number of carbonyl (C=O) groups excluding carboxylic acids is 1. The second-order valence-corrected chi connectivity index (χ2v) is 6.51. The second kappa shape index (κ2) is 5.43. The molecular weight excluding hydrogens is 278 g/mol. The first-order valence-electron chi connectivity index (χ1n) is 7.83. The fraction of sp³-hybridized carbons (Fsp3) is 0.500. The highest BCUT2D eigenvalue weighted by Crippen LogP contribution is 2.42. The van der Waals surface area contributed by atoms with Gasteiger partial charge in [0.05, 0.1) is 17.2 Å². The van der Waals surface area contributed by atoms with E-state index in [0.717, 1.165) is 42.4 Å². The lowest BCUT2D eigenvalue weighted by Gasteiger charge is -2.36. The molecule has 2 N–H and O–H groups in total. The van der Waals surface area contributed by atoms with Gasteiger partial charge >= 0.3 is 0 Å². The lowest BCUT2D eigenvalue weighted by molar-refractivity contribution is -0.116. The predicted octanol–water partition coefficient (Wildman–Crippen LogP) is 3.03. The topological polar surface area (TPSA) is 58.6 Å². The van der Waals surface area contributed by atoms with E-state index >= 15 is 0 Å². The summed E-state index contributed by atoms with van der Waals surface area (Å²) >= 11 is 0. The van der Waals surface area contributed by atoms with E-state index in [0.29, 0.717) is 5.57 Å². The Morgan fingerprint density at radius 1 is 1.27 bits per heavy atom. The Morgan fingerprint density at radius 3 is 2.59 bits per heavy atom. The molecule has 0 bridgehead atoms. The molecule has 22 heavy (non-hydrogen) atoms. The highest BCUT2D eigenvalue weighted by molar-refractivity contribution is 6.23. The van der Waals surface area contributed by atoms with E-state index in [-0.39, 0.29) is 17.8 Å². The van der Waals surface area contributed by atoms with E-state index in [4.69, 9.17) is 4.74 Å².